The monoisotopic (exact) mass is 352 g/mol. The minimum absolute atomic E-state index is 0.0367. The molecule has 3 N–H and O–H groups in total. The lowest BCUT2D eigenvalue weighted by Gasteiger charge is -2.10. The van der Waals surface area contributed by atoms with Gasteiger partial charge in [0, 0.05) is 6.54 Å². The highest BCUT2D eigenvalue weighted by molar-refractivity contribution is 7.89. The molecule has 8 heteroatoms. The second-order valence-electron chi connectivity index (χ2n) is 5.10. The molecule has 5 nitrogen and oxygen atoms in total. The first-order valence-corrected chi connectivity index (χ1v) is 8.73. The number of hydrogen-bond acceptors (Lipinski definition) is 3. The van der Waals surface area contributed by atoms with Crippen LogP contribution >= 0.6 is 23.2 Å². The van der Waals surface area contributed by atoms with E-state index in [2.05, 4.69) is 19.2 Å². The molecule has 0 fully saturated rings. The first-order valence-electron chi connectivity index (χ1n) is 6.43. The van der Waals surface area contributed by atoms with Crippen LogP contribution in [0.1, 0.15) is 37.0 Å². The highest BCUT2D eigenvalue weighted by Crippen LogP contribution is 2.28. The zero-order valence-electron chi connectivity index (χ0n) is 11.8. The van der Waals surface area contributed by atoms with Crippen molar-refractivity contribution in [2.24, 2.45) is 11.1 Å². The van der Waals surface area contributed by atoms with Gasteiger partial charge in [0.25, 0.3) is 5.91 Å². The Labute approximate surface area is 134 Å². The van der Waals surface area contributed by atoms with Crippen molar-refractivity contribution in [1.82, 2.24) is 5.32 Å². The molecule has 0 aliphatic carbocycles. The Bertz CT molecular complexity index is 631. The molecule has 0 bridgehead atoms. The molecule has 0 atom stereocenters. The predicted molar refractivity (Wildman–Crippen MR) is 84.2 cm³/mol. The van der Waals surface area contributed by atoms with Crippen LogP contribution in [-0.2, 0) is 10.0 Å². The van der Waals surface area contributed by atoms with E-state index < -0.39 is 15.9 Å². The van der Waals surface area contributed by atoms with Gasteiger partial charge in [-0.2, -0.15) is 0 Å². The van der Waals surface area contributed by atoms with Crippen LogP contribution in [-0.4, -0.2) is 20.9 Å². The summed E-state index contributed by atoms with van der Waals surface area (Å²) >= 11 is 11.7. The highest BCUT2D eigenvalue weighted by atomic mass is 35.5. The van der Waals surface area contributed by atoms with Crippen LogP contribution in [0.4, 0.5) is 0 Å². The molecule has 0 aliphatic heterocycles. The van der Waals surface area contributed by atoms with Crippen molar-refractivity contribution >= 4 is 39.1 Å². The topological polar surface area (TPSA) is 89.3 Å². The van der Waals surface area contributed by atoms with Gasteiger partial charge in [-0.25, -0.2) is 13.6 Å². The van der Waals surface area contributed by atoms with Crippen LogP contribution in [0.25, 0.3) is 0 Å². The van der Waals surface area contributed by atoms with Gasteiger partial charge in [0.2, 0.25) is 10.0 Å². The molecule has 0 aromatic heterocycles. The number of halogens is 2. The van der Waals surface area contributed by atoms with Crippen LogP contribution in [0.5, 0.6) is 0 Å². The van der Waals surface area contributed by atoms with Gasteiger partial charge in [-0.1, -0.05) is 37.0 Å². The number of amides is 1. The highest BCUT2D eigenvalue weighted by Gasteiger charge is 2.19. The van der Waals surface area contributed by atoms with Gasteiger partial charge in [-0.05, 0) is 30.9 Å². The third kappa shape index (κ3) is 5.47. The Balaban J connectivity index is 2.90. The summed E-state index contributed by atoms with van der Waals surface area (Å²) in [5.74, 6) is 0.0975. The molecule has 0 aliphatic rings. The van der Waals surface area contributed by atoms with Gasteiger partial charge in [0.15, 0.2) is 0 Å². The van der Waals surface area contributed by atoms with Gasteiger partial charge in [-0.15, -0.1) is 0 Å². The lowest BCUT2D eigenvalue weighted by molar-refractivity contribution is 0.0952. The molecule has 0 saturated heterocycles. The average molecular weight is 353 g/mol. The molecule has 1 amide bonds. The second kappa shape index (κ2) is 7.45. The SMILES string of the molecule is CC(C)CCCNC(=O)c1cc(S(N)(=O)=O)c(Cl)cc1Cl. The summed E-state index contributed by atoms with van der Waals surface area (Å²) in [6.07, 6.45) is 1.81. The zero-order chi connectivity index (χ0) is 16.2. The molecule has 0 radical (unpaired) electrons. The molecule has 0 saturated carbocycles. The number of rotatable bonds is 6. The van der Waals surface area contributed by atoms with Crippen molar-refractivity contribution in [3.63, 3.8) is 0 Å². The molecule has 118 valence electrons. The standard InChI is InChI=1S/C13H18Cl2N2O3S/c1-8(2)4-3-5-17-13(18)9-6-12(21(16,19)20)11(15)7-10(9)14/h6-8H,3-5H2,1-2H3,(H,17,18)(H2,16,19,20). The average Bonchev–Trinajstić information content (AvgIpc) is 2.32. The molecule has 1 aromatic carbocycles. The minimum Gasteiger partial charge on any atom is -0.352 e. The Morgan fingerprint density at radius 1 is 1.29 bits per heavy atom. The van der Waals surface area contributed by atoms with Crippen molar-refractivity contribution in [2.45, 2.75) is 31.6 Å². The summed E-state index contributed by atoms with van der Waals surface area (Å²) in [6, 6.07) is 2.30. The fraction of sp³-hybridized carbons (Fsp3) is 0.462. The van der Waals surface area contributed by atoms with Crippen LogP contribution in [0.2, 0.25) is 10.0 Å². The molecule has 0 unspecified atom stereocenters. The Morgan fingerprint density at radius 3 is 2.43 bits per heavy atom. The third-order valence-corrected chi connectivity index (χ3v) is 4.50. The van der Waals surface area contributed by atoms with E-state index in [1.807, 2.05) is 0 Å². The fourth-order valence-electron chi connectivity index (χ4n) is 1.73. The summed E-state index contributed by atoms with van der Waals surface area (Å²) in [5, 5.41) is 7.70. The van der Waals surface area contributed by atoms with E-state index in [4.69, 9.17) is 28.3 Å². The van der Waals surface area contributed by atoms with E-state index in [-0.39, 0.29) is 20.5 Å². The number of sulfonamides is 1. The maximum absolute atomic E-state index is 12.0. The maximum atomic E-state index is 12.0. The number of carbonyl (C=O) groups is 1. The Hall–Kier alpha value is -0.820. The van der Waals surface area contributed by atoms with Crippen molar-refractivity contribution in [3.8, 4) is 0 Å². The molecular formula is C13H18Cl2N2O3S. The molecule has 0 spiro atoms. The van der Waals surface area contributed by atoms with Crippen LogP contribution < -0.4 is 10.5 Å². The van der Waals surface area contributed by atoms with Gasteiger partial charge in [-0.3, -0.25) is 4.79 Å². The van der Waals surface area contributed by atoms with E-state index in [1.54, 1.807) is 0 Å². The van der Waals surface area contributed by atoms with E-state index in [9.17, 15) is 13.2 Å². The zero-order valence-corrected chi connectivity index (χ0v) is 14.1. The van der Waals surface area contributed by atoms with E-state index in [0.717, 1.165) is 18.9 Å². The fourth-order valence-corrected chi connectivity index (χ4v) is 3.13. The van der Waals surface area contributed by atoms with Crippen LogP contribution in [0.3, 0.4) is 0 Å². The summed E-state index contributed by atoms with van der Waals surface area (Å²) in [7, 11) is -4.01. The van der Waals surface area contributed by atoms with Gasteiger partial charge in [0.1, 0.15) is 4.90 Å². The summed E-state index contributed by atoms with van der Waals surface area (Å²) in [4.78, 5) is 11.7. The lowest BCUT2D eigenvalue weighted by Crippen LogP contribution is -2.25. The Morgan fingerprint density at radius 2 is 1.90 bits per heavy atom. The molecule has 1 rings (SSSR count). The largest absolute Gasteiger partial charge is 0.352 e. The number of nitrogens with two attached hydrogens (primary N) is 1. The van der Waals surface area contributed by atoms with Crippen LogP contribution in [0, 0.1) is 5.92 Å². The Kier molecular flexibility index (Phi) is 6.46. The van der Waals surface area contributed by atoms with Gasteiger partial charge >= 0.3 is 0 Å². The van der Waals surface area contributed by atoms with E-state index in [0.29, 0.717) is 12.5 Å². The third-order valence-electron chi connectivity index (χ3n) is 2.82. The van der Waals surface area contributed by atoms with Crippen molar-refractivity contribution < 1.29 is 13.2 Å². The molecule has 21 heavy (non-hydrogen) atoms. The summed E-state index contributed by atoms with van der Waals surface area (Å²) < 4.78 is 22.8. The van der Waals surface area contributed by atoms with Gasteiger partial charge < -0.3 is 5.32 Å². The first kappa shape index (κ1) is 18.2. The second-order valence-corrected chi connectivity index (χ2v) is 7.44. The normalized spacial score (nSPS) is 11.7. The van der Waals surface area contributed by atoms with Crippen molar-refractivity contribution in [2.75, 3.05) is 6.54 Å². The van der Waals surface area contributed by atoms with Crippen molar-refractivity contribution in [3.05, 3.63) is 27.7 Å². The van der Waals surface area contributed by atoms with Crippen molar-refractivity contribution in [1.29, 1.82) is 0 Å². The minimum atomic E-state index is -4.01. The molecule has 1 aromatic rings. The lowest BCUT2D eigenvalue weighted by atomic mass is 10.1. The number of nitrogens with one attached hydrogen (secondary N) is 1. The number of benzene rings is 1. The summed E-state index contributed by atoms with van der Waals surface area (Å²) in [6.45, 7) is 4.67. The summed E-state index contributed by atoms with van der Waals surface area (Å²) in [5.41, 5.74) is 0.0367. The predicted octanol–water partition coefficient (Wildman–Crippen LogP) is 2.81. The molecule has 0 heterocycles. The number of hydrogen-bond donors (Lipinski definition) is 2. The van der Waals surface area contributed by atoms with E-state index >= 15 is 0 Å². The number of carbonyl (C=O) groups excluding carboxylic acids is 1. The first-order chi connectivity index (χ1) is 9.62. The van der Waals surface area contributed by atoms with Gasteiger partial charge in [0.05, 0.1) is 15.6 Å². The van der Waals surface area contributed by atoms with Crippen LogP contribution in [0.15, 0.2) is 17.0 Å². The number of primary sulfonamides is 1. The quantitative estimate of drug-likeness (QED) is 0.771. The van der Waals surface area contributed by atoms with E-state index in [1.165, 1.54) is 6.07 Å². The molecular weight excluding hydrogens is 335 g/mol. The maximum Gasteiger partial charge on any atom is 0.252 e. The smallest absolute Gasteiger partial charge is 0.252 e.